The quantitative estimate of drug-likeness (QED) is 0.524. The van der Waals surface area contributed by atoms with E-state index in [1.54, 1.807) is 6.07 Å². The largest absolute Gasteiger partial charge is 0.489 e. The van der Waals surface area contributed by atoms with E-state index in [2.05, 4.69) is 10.3 Å². The first-order valence-electron chi connectivity index (χ1n) is 9.02. The maximum atomic E-state index is 12.7. The number of aromatic nitrogens is 1. The van der Waals surface area contributed by atoms with Crippen molar-refractivity contribution >= 4 is 32.6 Å². The van der Waals surface area contributed by atoms with Crippen molar-refractivity contribution in [2.45, 2.75) is 6.61 Å². The van der Waals surface area contributed by atoms with E-state index in [1.165, 1.54) is 17.6 Å². The summed E-state index contributed by atoms with van der Waals surface area (Å²) in [6.07, 6.45) is 1.47. The smallest absolute Gasteiger partial charge is 0.293 e. The second-order valence-corrected chi connectivity index (χ2v) is 7.34. The molecule has 7 nitrogen and oxygen atoms in total. The molecule has 0 spiro atoms. The monoisotopic (exact) mass is 408 g/mol. The highest BCUT2D eigenvalue weighted by Gasteiger charge is 2.19. The molecule has 146 valence electrons. The minimum absolute atomic E-state index is 0.200. The van der Waals surface area contributed by atoms with Gasteiger partial charge in [-0.15, -0.1) is 0 Å². The van der Waals surface area contributed by atoms with Crippen LogP contribution in [0.1, 0.15) is 16.1 Å². The van der Waals surface area contributed by atoms with Gasteiger partial charge in [0.05, 0.1) is 16.5 Å². The normalized spacial score (nSPS) is 12.7. The molecule has 0 aliphatic carbocycles. The molecule has 2 aromatic carbocycles. The average Bonchev–Trinajstić information content (AvgIpc) is 3.37. The first-order chi connectivity index (χ1) is 14.3. The summed E-state index contributed by atoms with van der Waals surface area (Å²) in [6, 6.07) is 14.8. The summed E-state index contributed by atoms with van der Waals surface area (Å²) in [5, 5.41) is 3.27. The summed E-state index contributed by atoms with van der Waals surface area (Å²) in [4.78, 5) is 17.2. The Labute approximate surface area is 169 Å². The molecule has 0 fully saturated rings. The third-order valence-electron chi connectivity index (χ3n) is 4.36. The molecular weight excluding hydrogens is 392 g/mol. The molecule has 2 aromatic heterocycles. The number of thiazole rings is 1. The van der Waals surface area contributed by atoms with Crippen molar-refractivity contribution in [1.82, 2.24) is 4.98 Å². The first-order valence-corrected chi connectivity index (χ1v) is 9.84. The molecule has 1 N–H and O–H groups in total. The Hall–Kier alpha value is -3.52. The van der Waals surface area contributed by atoms with Crippen LogP contribution in [0.25, 0.3) is 10.2 Å². The van der Waals surface area contributed by atoms with Gasteiger partial charge >= 0.3 is 0 Å². The van der Waals surface area contributed by atoms with E-state index in [4.69, 9.17) is 18.6 Å². The molecule has 5 rings (SSSR count). The molecule has 8 heteroatoms. The topological polar surface area (TPSA) is 82.8 Å². The zero-order chi connectivity index (χ0) is 19.6. The number of amides is 1. The van der Waals surface area contributed by atoms with Crippen LogP contribution in [0.4, 0.5) is 5.13 Å². The maximum absolute atomic E-state index is 12.7. The van der Waals surface area contributed by atoms with Gasteiger partial charge < -0.3 is 18.6 Å². The lowest BCUT2D eigenvalue weighted by atomic mass is 10.2. The molecule has 0 unspecified atom stereocenters. The van der Waals surface area contributed by atoms with Crippen molar-refractivity contribution in [3.63, 3.8) is 0 Å². The van der Waals surface area contributed by atoms with E-state index < -0.39 is 0 Å². The third kappa shape index (κ3) is 3.62. The molecule has 0 saturated carbocycles. The van der Waals surface area contributed by atoms with Crippen molar-refractivity contribution in [2.24, 2.45) is 0 Å². The lowest BCUT2D eigenvalue weighted by Crippen LogP contribution is -2.15. The number of hydrogen-bond acceptors (Lipinski definition) is 7. The molecule has 0 bridgehead atoms. The molecule has 1 aliphatic rings. The van der Waals surface area contributed by atoms with Crippen LogP contribution in [0.5, 0.6) is 17.2 Å². The van der Waals surface area contributed by atoms with Gasteiger partial charge in [-0.05, 0) is 18.2 Å². The summed E-state index contributed by atoms with van der Waals surface area (Å²) in [5.41, 5.74) is 1.39. The van der Waals surface area contributed by atoms with Crippen molar-refractivity contribution < 1.29 is 23.4 Å². The van der Waals surface area contributed by atoms with E-state index in [9.17, 15) is 4.79 Å². The summed E-state index contributed by atoms with van der Waals surface area (Å²) in [6.45, 7) is 1.26. The number of carbonyl (C=O) groups is 1. The zero-order valence-corrected chi connectivity index (χ0v) is 16.0. The number of ether oxygens (including phenoxy) is 3. The van der Waals surface area contributed by atoms with E-state index in [1.807, 2.05) is 42.5 Å². The van der Waals surface area contributed by atoms with Gasteiger partial charge in [-0.3, -0.25) is 10.1 Å². The summed E-state index contributed by atoms with van der Waals surface area (Å²) < 4.78 is 23.2. The van der Waals surface area contributed by atoms with Gasteiger partial charge in [-0.2, -0.15) is 0 Å². The minimum Gasteiger partial charge on any atom is -0.489 e. The van der Waals surface area contributed by atoms with Crippen LogP contribution in [0, 0.1) is 0 Å². The first kappa shape index (κ1) is 17.6. The van der Waals surface area contributed by atoms with Gasteiger partial charge in [0.25, 0.3) is 5.91 Å². The molecule has 29 heavy (non-hydrogen) atoms. The van der Waals surface area contributed by atoms with Gasteiger partial charge in [0.15, 0.2) is 22.4 Å². The van der Waals surface area contributed by atoms with E-state index in [0.29, 0.717) is 35.4 Å². The molecule has 0 atom stereocenters. The zero-order valence-electron chi connectivity index (χ0n) is 15.2. The number of furan rings is 1. The van der Waals surface area contributed by atoms with Gasteiger partial charge in [-0.25, -0.2) is 4.98 Å². The Morgan fingerprint density at radius 1 is 1.10 bits per heavy atom. The second-order valence-electron chi connectivity index (χ2n) is 6.31. The predicted molar refractivity (Wildman–Crippen MR) is 108 cm³/mol. The highest BCUT2D eigenvalue weighted by Crippen LogP contribution is 2.38. The Bertz CT molecular complexity index is 1130. The third-order valence-corrected chi connectivity index (χ3v) is 5.30. The Morgan fingerprint density at radius 3 is 2.72 bits per heavy atom. The molecular formula is C21H16N2O5S. The Morgan fingerprint density at radius 2 is 1.90 bits per heavy atom. The molecule has 1 amide bonds. The summed E-state index contributed by atoms with van der Waals surface area (Å²) >= 11 is 1.36. The number of benzene rings is 2. The number of para-hydroxylation sites is 1. The molecule has 0 radical (unpaired) electrons. The fraction of sp³-hybridized carbons (Fsp3) is 0.143. The van der Waals surface area contributed by atoms with Gasteiger partial charge in [0.1, 0.15) is 25.6 Å². The van der Waals surface area contributed by atoms with E-state index in [0.717, 1.165) is 16.0 Å². The second kappa shape index (κ2) is 7.48. The number of rotatable bonds is 5. The van der Waals surface area contributed by atoms with Crippen molar-refractivity contribution in [1.29, 1.82) is 0 Å². The lowest BCUT2D eigenvalue weighted by Gasteiger charge is -2.17. The number of nitrogens with zero attached hydrogens (tertiary/aromatic N) is 1. The van der Waals surface area contributed by atoms with Crippen molar-refractivity contribution in [3.05, 3.63) is 66.1 Å². The molecule has 3 heterocycles. The van der Waals surface area contributed by atoms with E-state index >= 15 is 0 Å². The Kier molecular flexibility index (Phi) is 4.53. The summed E-state index contributed by atoms with van der Waals surface area (Å²) in [5.74, 6) is 1.90. The van der Waals surface area contributed by atoms with Crippen molar-refractivity contribution in [3.8, 4) is 17.2 Å². The molecule has 4 aromatic rings. The standard InChI is InChI=1S/C21H16N2O5S/c24-20(19-13(6-7-27-19)12-28-14-4-2-1-3-5-14)23-21-22-15-10-16-17(11-18(15)29-21)26-9-8-25-16/h1-7,10-11H,8-9,12H2,(H,22,23,24). The minimum atomic E-state index is -0.377. The van der Waals surface area contributed by atoms with Crippen LogP contribution in [-0.2, 0) is 6.61 Å². The number of carbonyl (C=O) groups excluding carboxylic acids is 1. The number of anilines is 1. The molecule has 0 saturated heterocycles. The SMILES string of the molecule is O=C(Nc1nc2cc3c(cc2s1)OCCO3)c1occc1COc1ccccc1. The average molecular weight is 408 g/mol. The number of hydrogen-bond donors (Lipinski definition) is 1. The van der Waals surface area contributed by atoms with Crippen LogP contribution in [-0.4, -0.2) is 24.1 Å². The highest BCUT2D eigenvalue weighted by atomic mass is 32.1. The van der Waals surface area contributed by atoms with Gasteiger partial charge in [-0.1, -0.05) is 29.5 Å². The van der Waals surface area contributed by atoms with Gasteiger partial charge in [0.2, 0.25) is 0 Å². The number of nitrogens with one attached hydrogen (secondary N) is 1. The van der Waals surface area contributed by atoms with Crippen molar-refractivity contribution in [2.75, 3.05) is 18.5 Å². The Balaban J connectivity index is 1.32. The van der Waals surface area contributed by atoms with E-state index in [-0.39, 0.29) is 18.3 Å². The van der Waals surface area contributed by atoms with Crippen LogP contribution in [0.3, 0.4) is 0 Å². The maximum Gasteiger partial charge on any atom is 0.293 e. The fourth-order valence-corrected chi connectivity index (χ4v) is 3.87. The van der Waals surface area contributed by atoms with Crippen LogP contribution in [0.15, 0.2) is 59.2 Å². The summed E-state index contributed by atoms with van der Waals surface area (Å²) in [7, 11) is 0. The van der Waals surface area contributed by atoms with Crippen LogP contribution in [0.2, 0.25) is 0 Å². The molecule has 1 aliphatic heterocycles. The number of fused-ring (bicyclic) bond motifs is 2. The lowest BCUT2D eigenvalue weighted by molar-refractivity contribution is 0.0993. The highest BCUT2D eigenvalue weighted by molar-refractivity contribution is 7.22. The van der Waals surface area contributed by atoms with Crippen LogP contribution < -0.4 is 19.5 Å². The van der Waals surface area contributed by atoms with Crippen LogP contribution >= 0.6 is 11.3 Å². The van der Waals surface area contributed by atoms with Gasteiger partial charge in [0, 0.05) is 17.7 Å². The fourth-order valence-electron chi connectivity index (χ4n) is 3.00. The predicted octanol–water partition coefficient (Wildman–Crippen LogP) is 4.49.